The normalized spacial score (nSPS) is 12.7. The van der Waals surface area contributed by atoms with Gasteiger partial charge in [-0.2, -0.15) is 0 Å². The molecule has 1 amide bonds. The number of phenolic OH excluding ortho intramolecular Hbond substituents is 1. The van der Waals surface area contributed by atoms with Gasteiger partial charge in [-0.15, -0.1) is 0 Å². The second-order valence-electron chi connectivity index (χ2n) is 5.60. The molecule has 0 saturated carbocycles. The van der Waals surface area contributed by atoms with Crippen molar-refractivity contribution in [1.29, 1.82) is 0 Å². The minimum atomic E-state index is -1.02. The Hall–Kier alpha value is -1.81. The minimum Gasteiger partial charge on any atom is -0.508 e. The SMILES string of the molecule is CC(C)(O)C(C)(C)NC(=O)/C=C/c1ccc(O)cc1. The Morgan fingerprint density at radius 1 is 1.16 bits per heavy atom. The van der Waals surface area contributed by atoms with Crippen molar-refractivity contribution in [2.24, 2.45) is 0 Å². The summed E-state index contributed by atoms with van der Waals surface area (Å²) >= 11 is 0. The van der Waals surface area contributed by atoms with Crippen molar-refractivity contribution in [2.45, 2.75) is 38.8 Å². The fourth-order valence-electron chi connectivity index (χ4n) is 1.26. The molecule has 0 fully saturated rings. The summed E-state index contributed by atoms with van der Waals surface area (Å²) in [6.07, 6.45) is 3.05. The smallest absolute Gasteiger partial charge is 0.244 e. The van der Waals surface area contributed by atoms with Gasteiger partial charge in [0.05, 0.1) is 11.1 Å². The molecule has 0 radical (unpaired) electrons. The second-order valence-corrected chi connectivity index (χ2v) is 5.60. The number of phenols is 1. The highest BCUT2D eigenvalue weighted by molar-refractivity contribution is 5.92. The fraction of sp³-hybridized carbons (Fsp3) is 0.400. The van der Waals surface area contributed by atoms with Gasteiger partial charge in [0, 0.05) is 6.08 Å². The number of aliphatic hydroxyl groups is 1. The molecular formula is C15H21NO3. The maximum atomic E-state index is 11.8. The molecule has 104 valence electrons. The highest BCUT2D eigenvalue weighted by atomic mass is 16.3. The van der Waals surface area contributed by atoms with Crippen molar-refractivity contribution in [3.8, 4) is 5.75 Å². The molecule has 1 aromatic rings. The van der Waals surface area contributed by atoms with Crippen molar-refractivity contribution >= 4 is 12.0 Å². The highest BCUT2D eigenvalue weighted by Gasteiger charge is 2.35. The van der Waals surface area contributed by atoms with E-state index in [-0.39, 0.29) is 11.7 Å². The molecule has 1 rings (SSSR count). The van der Waals surface area contributed by atoms with Crippen LogP contribution in [0.3, 0.4) is 0 Å². The first-order valence-electron chi connectivity index (χ1n) is 6.13. The molecule has 4 nitrogen and oxygen atoms in total. The van der Waals surface area contributed by atoms with Gasteiger partial charge in [0.1, 0.15) is 5.75 Å². The van der Waals surface area contributed by atoms with Crippen LogP contribution in [0.15, 0.2) is 30.3 Å². The van der Waals surface area contributed by atoms with Crippen LogP contribution < -0.4 is 5.32 Å². The van der Waals surface area contributed by atoms with Crippen LogP contribution in [0, 0.1) is 0 Å². The predicted octanol–water partition coefficient (Wildman–Crippen LogP) is 2.07. The number of rotatable bonds is 4. The molecule has 0 aromatic heterocycles. The Morgan fingerprint density at radius 2 is 1.68 bits per heavy atom. The number of hydrogen-bond donors (Lipinski definition) is 3. The molecule has 0 aliphatic rings. The van der Waals surface area contributed by atoms with Crippen LogP contribution in [0.2, 0.25) is 0 Å². The molecule has 0 saturated heterocycles. The molecule has 0 spiro atoms. The largest absolute Gasteiger partial charge is 0.508 e. The van der Waals surface area contributed by atoms with E-state index in [0.717, 1.165) is 5.56 Å². The monoisotopic (exact) mass is 263 g/mol. The summed E-state index contributed by atoms with van der Waals surface area (Å²) in [5, 5.41) is 21.8. The molecule has 0 aliphatic carbocycles. The Bertz CT molecular complexity index is 467. The zero-order valence-electron chi connectivity index (χ0n) is 11.8. The van der Waals surface area contributed by atoms with Gasteiger partial charge in [0.25, 0.3) is 0 Å². The van der Waals surface area contributed by atoms with Gasteiger partial charge in [-0.1, -0.05) is 12.1 Å². The standard InChI is InChI=1S/C15H21NO3/c1-14(2,15(3,4)19)16-13(18)10-7-11-5-8-12(17)9-6-11/h5-10,17,19H,1-4H3,(H,16,18)/b10-7+. The van der Waals surface area contributed by atoms with E-state index in [1.807, 2.05) is 0 Å². The van der Waals surface area contributed by atoms with E-state index in [1.54, 1.807) is 58.0 Å². The lowest BCUT2D eigenvalue weighted by Crippen LogP contribution is -2.57. The number of aromatic hydroxyl groups is 1. The van der Waals surface area contributed by atoms with Crippen LogP contribution >= 0.6 is 0 Å². The first kappa shape index (κ1) is 15.2. The summed E-state index contributed by atoms with van der Waals surface area (Å²) in [4.78, 5) is 11.8. The summed E-state index contributed by atoms with van der Waals surface area (Å²) in [6, 6.07) is 6.52. The van der Waals surface area contributed by atoms with Crippen LogP contribution in [0.5, 0.6) is 5.75 Å². The maximum absolute atomic E-state index is 11.8. The molecular weight excluding hydrogens is 242 g/mol. The van der Waals surface area contributed by atoms with Crippen LogP contribution in [0.25, 0.3) is 6.08 Å². The second kappa shape index (κ2) is 5.45. The van der Waals surface area contributed by atoms with Gasteiger partial charge in [0.15, 0.2) is 0 Å². The molecule has 19 heavy (non-hydrogen) atoms. The zero-order valence-corrected chi connectivity index (χ0v) is 11.8. The van der Waals surface area contributed by atoms with E-state index in [9.17, 15) is 9.90 Å². The molecule has 0 atom stereocenters. The average molecular weight is 263 g/mol. The van der Waals surface area contributed by atoms with E-state index >= 15 is 0 Å². The highest BCUT2D eigenvalue weighted by Crippen LogP contribution is 2.20. The topological polar surface area (TPSA) is 69.6 Å². The summed E-state index contributed by atoms with van der Waals surface area (Å²) < 4.78 is 0. The van der Waals surface area contributed by atoms with Crippen LogP contribution in [0.1, 0.15) is 33.3 Å². The van der Waals surface area contributed by atoms with Crippen molar-refractivity contribution in [2.75, 3.05) is 0 Å². The number of benzene rings is 1. The lowest BCUT2D eigenvalue weighted by molar-refractivity contribution is -0.121. The Balaban J connectivity index is 2.68. The zero-order chi connectivity index (χ0) is 14.7. The van der Waals surface area contributed by atoms with Crippen molar-refractivity contribution in [3.63, 3.8) is 0 Å². The Kier molecular flexibility index (Phi) is 4.37. The Labute approximate surface area is 113 Å². The van der Waals surface area contributed by atoms with Crippen molar-refractivity contribution in [3.05, 3.63) is 35.9 Å². The molecule has 1 aromatic carbocycles. The molecule has 3 N–H and O–H groups in total. The number of carbonyl (C=O) groups excluding carboxylic acids is 1. The van der Waals surface area contributed by atoms with E-state index in [1.165, 1.54) is 6.08 Å². The molecule has 4 heteroatoms. The van der Waals surface area contributed by atoms with Gasteiger partial charge in [0.2, 0.25) is 5.91 Å². The van der Waals surface area contributed by atoms with E-state index in [2.05, 4.69) is 5.32 Å². The third-order valence-electron chi connectivity index (χ3n) is 3.29. The summed E-state index contributed by atoms with van der Waals surface area (Å²) in [5.74, 6) is -0.0926. The third kappa shape index (κ3) is 4.41. The summed E-state index contributed by atoms with van der Waals surface area (Å²) in [5.41, 5.74) is -0.938. The van der Waals surface area contributed by atoms with E-state index in [4.69, 9.17) is 5.11 Å². The van der Waals surface area contributed by atoms with Gasteiger partial charge in [-0.25, -0.2) is 0 Å². The van der Waals surface area contributed by atoms with Gasteiger partial charge < -0.3 is 15.5 Å². The molecule has 0 bridgehead atoms. The third-order valence-corrected chi connectivity index (χ3v) is 3.29. The van der Waals surface area contributed by atoms with Gasteiger partial charge in [-0.3, -0.25) is 4.79 Å². The van der Waals surface area contributed by atoms with Crippen LogP contribution in [-0.2, 0) is 4.79 Å². The predicted molar refractivity (Wildman–Crippen MR) is 75.7 cm³/mol. The summed E-state index contributed by atoms with van der Waals surface area (Å²) in [6.45, 7) is 6.83. The van der Waals surface area contributed by atoms with E-state index in [0.29, 0.717) is 0 Å². The molecule has 0 unspecified atom stereocenters. The lowest BCUT2D eigenvalue weighted by Gasteiger charge is -2.37. The number of hydrogen-bond acceptors (Lipinski definition) is 3. The summed E-state index contributed by atoms with van der Waals surface area (Å²) in [7, 11) is 0. The number of nitrogens with one attached hydrogen (secondary N) is 1. The van der Waals surface area contributed by atoms with Crippen molar-refractivity contribution in [1.82, 2.24) is 5.32 Å². The van der Waals surface area contributed by atoms with Crippen LogP contribution in [0.4, 0.5) is 0 Å². The quantitative estimate of drug-likeness (QED) is 0.728. The van der Waals surface area contributed by atoms with Gasteiger partial charge in [-0.05, 0) is 51.5 Å². The maximum Gasteiger partial charge on any atom is 0.244 e. The first-order chi connectivity index (χ1) is 8.62. The van der Waals surface area contributed by atoms with Crippen molar-refractivity contribution < 1.29 is 15.0 Å². The molecule has 0 heterocycles. The van der Waals surface area contributed by atoms with E-state index < -0.39 is 11.1 Å². The lowest BCUT2D eigenvalue weighted by atomic mass is 9.86. The first-order valence-corrected chi connectivity index (χ1v) is 6.13. The number of carbonyl (C=O) groups is 1. The number of amides is 1. The van der Waals surface area contributed by atoms with Gasteiger partial charge >= 0.3 is 0 Å². The Morgan fingerprint density at radius 3 is 2.16 bits per heavy atom. The van der Waals surface area contributed by atoms with Crippen LogP contribution in [-0.4, -0.2) is 27.3 Å². The average Bonchev–Trinajstić information content (AvgIpc) is 2.26. The fourth-order valence-corrected chi connectivity index (χ4v) is 1.26. The molecule has 0 aliphatic heterocycles. The minimum absolute atomic E-state index is 0.185.